The molecule has 0 aliphatic heterocycles. The molecule has 1 aromatic rings. The molecular formula is C11H10N2O3. The normalized spacial score (nSPS) is 9.06. The van der Waals surface area contributed by atoms with Gasteiger partial charge in [0, 0.05) is 23.3 Å². The zero-order chi connectivity index (χ0) is 12.0. The summed E-state index contributed by atoms with van der Waals surface area (Å²) in [7, 11) is 1.76. The van der Waals surface area contributed by atoms with E-state index in [1.54, 1.807) is 7.05 Å². The summed E-state index contributed by atoms with van der Waals surface area (Å²) in [6.07, 6.45) is 0.566. The van der Waals surface area contributed by atoms with E-state index in [-0.39, 0.29) is 11.3 Å². The summed E-state index contributed by atoms with van der Waals surface area (Å²) < 4.78 is 0. The first-order valence-electron chi connectivity index (χ1n) is 4.56. The fourth-order valence-electron chi connectivity index (χ4n) is 1.10. The Kier molecular flexibility index (Phi) is 4.18. The Bertz CT molecular complexity index is 472. The third kappa shape index (κ3) is 2.90. The maximum absolute atomic E-state index is 10.7. The minimum atomic E-state index is -0.544. The van der Waals surface area contributed by atoms with Crippen LogP contribution in [0, 0.1) is 22.0 Å². The smallest absolute Gasteiger partial charge is 0.270 e. The number of hydrogen-bond donors (Lipinski definition) is 1. The fraction of sp³-hybridized carbons (Fsp3) is 0.182. The van der Waals surface area contributed by atoms with Gasteiger partial charge in [0.05, 0.1) is 11.5 Å². The van der Waals surface area contributed by atoms with Gasteiger partial charge in [0.15, 0.2) is 6.29 Å². The van der Waals surface area contributed by atoms with E-state index >= 15 is 0 Å². The van der Waals surface area contributed by atoms with E-state index in [1.165, 1.54) is 18.2 Å². The number of carbonyl (C=O) groups excluding carboxylic acids is 1. The van der Waals surface area contributed by atoms with E-state index in [0.717, 1.165) is 0 Å². The lowest BCUT2D eigenvalue weighted by Crippen LogP contribution is -2.04. The second-order valence-electron chi connectivity index (χ2n) is 2.98. The summed E-state index contributed by atoms with van der Waals surface area (Å²) in [5.41, 5.74) is 0.620. The summed E-state index contributed by atoms with van der Waals surface area (Å²) in [4.78, 5) is 20.7. The molecule has 0 atom stereocenters. The first-order valence-corrected chi connectivity index (χ1v) is 4.56. The standard InChI is InChI=1S/C11H10N2O3/c1-12-6-2-3-9-4-5-11(13(15)16)7-10(9)8-14/h4-5,7-8,12H,6H2,1H3. The maximum Gasteiger partial charge on any atom is 0.270 e. The van der Waals surface area contributed by atoms with Crippen LogP contribution in [0.1, 0.15) is 15.9 Å². The number of rotatable bonds is 3. The van der Waals surface area contributed by atoms with Gasteiger partial charge in [-0.1, -0.05) is 11.8 Å². The Morgan fingerprint density at radius 3 is 2.88 bits per heavy atom. The molecule has 0 unspecified atom stereocenters. The van der Waals surface area contributed by atoms with E-state index in [2.05, 4.69) is 17.2 Å². The molecule has 0 radical (unpaired) electrons. The van der Waals surface area contributed by atoms with Gasteiger partial charge in [-0.25, -0.2) is 0 Å². The number of nitrogens with one attached hydrogen (secondary N) is 1. The van der Waals surface area contributed by atoms with Crippen LogP contribution in [-0.2, 0) is 0 Å². The summed E-state index contributed by atoms with van der Waals surface area (Å²) in [5.74, 6) is 5.55. The van der Waals surface area contributed by atoms with E-state index < -0.39 is 4.92 Å². The number of aldehydes is 1. The lowest BCUT2D eigenvalue weighted by molar-refractivity contribution is -0.384. The zero-order valence-electron chi connectivity index (χ0n) is 8.69. The van der Waals surface area contributed by atoms with Gasteiger partial charge >= 0.3 is 0 Å². The quantitative estimate of drug-likeness (QED) is 0.355. The number of benzene rings is 1. The van der Waals surface area contributed by atoms with Crippen LogP contribution < -0.4 is 5.32 Å². The second-order valence-corrected chi connectivity index (χ2v) is 2.98. The predicted octanol–water partition coefficient (Wildman–Crippen LogP) is 0.978. The van der Waals surface area contributed by atoms with Gasteiger partial charge in [0.1, 0.15) is 0 Å². The first-order chi connectivity index (χ1) is 7.69. The van der Waals surface area contributed by atoms with Crippen molar-refractivity contribution < 1.29 is 9.72 Å². The second kappa shape index (κ2) is 5.63. The van der Waals surface area contributed by atoms with Gasteiger partial charge < -0.3 is 5.32 Å². The molecular weight excluding hydrogens is 208 g/mol. The van der Waals surface area contributed by atoms with Gasteiger partial charge in [0.25, 0.3) is 5.69 Å². The van der Waals surface area contributed by atoms with Crippen molar-refractivity contribution in [3.05, 3.63) is 39.4 Å². The average molecular weight is 218 g/mol. The number of nitrogens with zero attached hydrogens (tertiary/aromatic N) is 1. The van der Waals surface area contributed by atoms with E-state index in [9.17, 15) is 14.9 Å². The van der Waals surface area contributed by atoms with Crippen LogP contribution in [0.25, 0.3) is 0 Å². The van der Waals surface area contributed by atoms with Crippen molar-refractivity contribution >= 4 is 12.0 Å². The third-order valence-corrected chi connectivity index (χ3v) is 1.86. The molecule has 0 bridgehead atoms. The highest BCUT2D eigenvalue weighted by atomic mass is 16.6. The highest BCUT2D eigenvalue weighted by molar-refractivity contribution is 5.80. The highest BCUT2D eigenvalue weighted by Gasteiger charge is 2.08. The molecule has 0 amide bonds. The largest absolute Gasteiger partial charge is 0.309 e. The van der Waals surface area contributed by atoms with Crippen LogP contribution in [0.5, 0.6) is 0 Å². The summed E-state index contributed by atoms with van der Waals surface area (Å²) in [6, 6.07) is 4.03. The van der Waals surface area contributed by atoms with Gasteiger partial charge in [-0.05, 0) is 13.1 Å². The number of non-ortho nitro benzene ring substituents is 1. The van der Waals surface area contributed by atoms with E-state index in [1.807, 2.05) is 0 Å². The average Bonchev–Trinajstić information content (AvgIpc) is 2.29. The molecule has 0 aliphatic rings. The molecule has 0 fully saturated rings. The van der Waals surface area contributed by atoms with Crippen molar-refractivity contribution in [3.8, 4) is 11.8 Å². The van der Waals surface area contributed by atoms with Crippen LogP contribution in [0.15, 0.2) is 18.2 Å². The number of hydrogen-bond acceptors (Lipinski definition) is 4. The van der Waals surface area contributed by atoms with Crippen LogP contribution in [-0.4, -0.2) is 24.8 Å². The molecule has 1 aromatic carbocycles. The number of carbonyl (C=O) groups is 1. The van der Waals surface area contributed by atoms with Crippen molar-refractivity contribution in [3.63, 3.8) is 0 Å². The van der Waals surface area contributed by atoms with E-state index in [4.69, 9.17) is 0 Å². The van der Waals surface area contributed by atoms with E-state index in [0.29, 0.717) is 18.4 Å². The van der Waals surface area contributed by atoms with Gasteiger partial charge in [-0.15, -0.1) is 0 Å². The van der Waals surface area contributed by atoms with Crippen LogP contribution in [0.3, 0.4) is 0 Å². The Labute approximate surface area is 92.6 Å². The molecule has 0 aliphatic carbocycles. The molecule has 1 rings (SSSR count). The number of nitro groups is 1. The molecule has 0 saturated heterocycles. The molecule has 5 nitrogen and oxygen atoms in total. The summed E-state index contributed by atoms with van der Waals surface area (Å²) in [6.45, 7) is 0.495. The predicted molar refractivity (Wildman–Crippen MR) is 59.3 cm³/mol. The molecule has 5 heteroatoms. The van der Waals surface area contributed by atoms with Crippen LogP contribution in [0.4, 0.5) is 5.69 Å². The third-order valence-electron chi connectivity index (χ3n) is 1.86. The zero-order valence-corrected chi connectivity index (χ0v) is 8.69. The lowest BCUT2D eigenvalue weighted by Gasteiger charge is -1.96. The fourth-order valence-corrected chi connectivity index (χ4v) is 1.10. The first kappa shape index (κ1) is 11.9. The van der Waals surface area contributed by atoms with Crippen molar-refractivity contribution in [1.29, 1.82) is 0 Å². The van der Waals surface area contributed by atoms with Crippen LogP contribution >= 0.6 is 0 Å². The Balaban J connectivity index is 3.08. The van der Waals surface area contributed by atoms with Crippen molar-refractivity contribution in [1.82, 2.24) is 5.32 Å². The molecule has 82 valence electrons. The van der Waals surface area contributed by atoms with Crippen molar-refractivity contribution in [2.24, 2.45) is 0 Å². The van der Waals surface area contributed by atoms with Gasteiger partial charge in [-0.2, -0.15) is 0 Å². The lowest BCUT2D eigenvalue weighted by atomic mass is 10.1. The molecule has 0 saturated carbocycles. The molecule has 0 aromatic heterocycles. The minimum absolute atomic E-state index is 0.110. The summed E-state index contributed by atoms with van der Waals surface area (Å²) >= 11 is 0. The topological polar surface area (TPSA) is 72.2 Å². The van der Waals surface area contributed by atoms with Crippen molar-refractivity contribution in [2.45, 2.75) is 0 Å². The Hall–Kier alpha value is -2.19. The SMILES string of the molecule is CNCC#Cc1ccc([N+](=O)[O-])cc1C=O. The minimum Gasteiger partial charge on any atom is -0.309 e. The maximum atomic E-state index is 10.7. The molecule has 16 heavy (non-hydrogen) atoms. The molecule has 1 N–H and O–H groups in total. The van der Waals surface area contributed by atoms with Crippen molar-refractivity contribution in [2.75, 3.05) is 13.6 Å². The molecule has 0 spiro atoms. The summed E-state index contributed by atoms with van der Waals surface area (Å²) in [5, 5.41) is 13.3. The highest BCUT2D eigenvalue weighted by Crippen LogP contribution is 2.15. The number of nitro benzene ring substituents is 1. The Morgan fingerprint density at radius 2 is 2.31 bits per heavy atom. The van der Waals surface area contributed by atoms with Crippen LogP contribution in [0.2, 0.25) is 0 Å². The van der Waals surface area contributed by atoms with Gasteiger partial charge in [-0.3, -0.25) is 14.9 Å². The van der Waals surface area contributed by atoms with Gasteiger partial charge in [0.2, 0.25) is 0 Å². The monoisotopic (exact) mass is 218 g/mol. The molecule has 0 heterocycles. The Morgan fingerprint density at radius 1 is 1.56 bits per heavy atom.